The van der Waals surface area contributed by atoms with Crippen molar-refractivity contribution in [2.45, 2.75) is 83.5 Å². The molecule has 3 nitrogen and oxygen atoms in total. The van der Waals surface area contributed by atoms with E-state index in [0.717, 1.165) is 18.8 Å². The fourth-order valence-electron chi connectivity index (χ4n) is 4.17. The third-order valence-corrected chi connectivity index (χ3v) is 6.11. The number of hydrogen-bond donors (Lipinski definition) is 0. The van der Waals surface area contributed by atoms with Gasteiger partial charge in [-0.2, -0.15) is 0 Å². The van der Waals surface area contributed by atoms with E-state index in [4.69, 9.17) is 9.47 Å². The van der Waals surface area contributed by atoms with E-state index in [-0.39, 0.29) is 5.97 Å². The van der Waals surface area contributed by atoms with Crippen LogP contribution in [0.5, 0.6) is 11.5 Å². The Labute approximate surface area is 188 Å². The third-order valence-electron chi connectivity index (χ3n) is 6.11. The fourth-order valence-corrected chi connectivity index (χ4v) is 4.17. The van der Waals surface area contributed by atoms with Gasteiger partial charge in [0.2, 0.25) is 0 Å². The van der Waals surface area contributed by atoms with Crippen LogP contribution in [0.4, 0.5) is 0 Å². The molecule has 167 valence electrons. The molecule has 0 spiro atoms. The molecule has 0 bridgehead atoms. The van der Waals surface area contributed by atoms with E-state index in [0.29, 0.717) is 17.2 Å². The molecule has 0 N–H and O–H groups in total. The molecule has 3 heteroatoms. The molecule has 0 atom stereocenters. The first-order valence-corrected chi connectivity index (χ1v) is 12.1. The first kappa shape index (κ1) is 23.4. The van der Waals surface area contributed by atoms with Gasteiger partial charge in [0.15, 0.2) is 0 Å². The summed E-state index contributed by atoms with van der Waals surface area (Å²) < 4.78 is 11.4. The Kier molecular flexibility index (Phi) is 9.95. The molecule has 2 aromatic carbocycles. The molecule has 0 saturated heterocycles. The molecule has 0 amide bonds. The van der Waals surface area contributed by atoms with Crippen LogP contribution < -0.4 is 9.47 Å². The average Bonchev–Trinajstić information content (AvgIpc) is 2.82. The Bertz CT molecular complexity index is 758. The van der Waals surface area contributed by atoms with E-state index in [9.17, 15) is 4.79 Å². The lowest BCUT2D eigenvalue weighted by Crippen LogP contribution is -2.09. The number of rotatable bonds is 12. The van der Waals surface area contributed by atoms with E-state index >= 15 is 0 Å². The highest BCUT2D eigenvalue weighted by molar-refractivity contribution is 5.91. The summed E-state index contributed by atoms with van der Waals surface area (Å²) in [5.41, 5.74) is 1.88. The van der Waals surface area contributed by atoms with Gasteiger partial charge in [0.25, 0.3) is 0 Å². The van der Waals surface area contributed by atoms with Gasteiger partial charge >= 0.3 is 5.97 Å². The Morgan fingerprint density at radius 1 is 0.806 bits per heavy atom. The standard InChI is InChI=1S/C28H37O3/c1-2-3-4-5-6-7-11-22-30-26-18-16-25(17-19-26)28(29)31-27-20-14-24(15-21-27)23-12-9-8-10-13-23/h8,14-21,23H,2-7,9-13,22H2,1H3. The van der Waals surface area contributed by atoms with Gasteiger partial charge in [-0.25, -0.2) is 4.79 Å². The zero-order valence-electron chi connectivity index (χ0n) is 19.0. The summed E-state index contributed by atoms with van der Waals surface area (Å²) in [5, 5.41) is 0. The van der Waals surface area contributed by atoms with Crippen LogP contribution in [0, 0.1) is 6.42 Å². The van der Waals surface area contributed by atoms with E-state index < -0.39 is 0 Å². The van der Waals surface area contributed by atoms with E-state index in [2.05, 4.69) is 25.5 Å². The van der Waals surface area contributed by atoms with Gasteiger partial charge in [-0.05, 0) is 86.4 Å². The van der Waals surface area contributed by atoms with Crippen molar-refractivity contribution in [1.82, 2.24) is 0 Å². The molecule has 1 radical (unpaired) electrons. The second-order valence-corrected chi connectivity index (χ2v) is 8.59. The van der Waals surface area contributed by atoms with Crippen molar-refractivity contribution >= 4 is 5.97 Å². The molecule has 1 aliphatic carbocycles. The van der Waals surface area contributed by atoms with Crippen molar-refractivity contribution in [2.75, 3.05) is 6.61 Å². The van der Waals surface area contributed by atoms with Gasteiger partial charge in [0, 0.05) is 0 Å². The van der Waals surface area contributed by atoms with Crippen molar-refractivity contribution in [1.29, 1.82) is 0 Å². The summed E-state index contributed by atoms with van der Waals surface area (Å²) in [5.74, 6) is 1.69. The lowest BCUT2D eigenvalue weighted by molar-refractivity contribution is 0.0734. The van der Waals surface area contributed by atoms with E-state index in [1.807, 2.05) is 24.3 Å². The average molecular weight is 422 g/mol. The number of ether oxygens (including phenoxy) is 2. The minimum absolute atomic E-state index is 0.335. The van der Waals surface area contributed by atoms with Gasteiger partial charge in [-0.3, -0.25) is 0 Å². The Balaban J connectivity index is 1.38. The number of carbonyl (C=O) groups is 1. The van der Waals surface area contributed by atoms with Gasteiger partial charge in [-0.15, -0.1) is 0 Å². The topological polar surface area (TPSA) is 35.5 Å². The van der Waals surface area contributed by atoms with Gasteiger partial charge in [-0.1, -0.05) is 57.6 Å². The lowest BCUT2D eigenvalue weighted by Gasteiger charge is -2.21. The predicted octanol–water partition coefficient (Wildman–Crippen LogP) is 7.90. The second-order valence-electron chi connectivity index (χ2n) is 8.59. The molecule has 1 aliphatic rings. The Morgan fingerprint density at radius 3 is 2.10 bits per heavy atom. The predicted molar refractivity (Wildman–Crippen MR) is 127 cm³/mol. The largest absolute Gasteiger partial charge is 0.494 e. The molecular formula is C28H37O3. The number of carbonyl (C=O) groups excluding carboxylic acids is 1. The van der Waals surface area contributed by atoms with Crippen molar-refractivity contribution < 1.29 is 14.3 Å². The zero-order chi connectivity index (χ0) is 21.7. The highest BCUT2D eigenvalue weighted by atomic mass is 16.5. The number of unbranched alkanes of at least 4 members (excludes halogenated alkanes) is 6. The van der Waals surface area contributed by atoms with Crippen LogP contribution in [0.1, 0.15) is 99.4 Å². The quantitative estimate of drug-likeness (QED) is 0.198. The van der Waals surface area contributed by atoms with E-state index in [1.165, 1.54) is 69.8 Å². The van der Waals surface area contributed by atoms with Gasteiger partial charge < -0.3 is 9.47 Å². The lowest BCUT2D eigenvalue weighted by atomic mass is 9.84. The Morgan fingerprint density at radius 2 is 1.42 bits per heavy atom. The molecule has 0 aromatic heterocycles. The molecule has 0 heterocycles. The molecule has 3 rings (SSSR count). The summed E-state index contributed by atoms with van der Waals surface area (Å²) in [6, 6.07) is 15.3. The summed E-state index contributed by atoms with van der Waals surface area (Å²) in [6.45, 7) is 2.97. The van der Waals surface area contributed by atoms with Crippen LogP contribution in [0.15, 0.2) is 48.5 Å². The van der Waals surface area contributed by atoms with Crippen LogP contribution in [0.2, 0.25) is 0 Å². The fraction of sp³-hybridized carbons (Fsp3) is 0.500. The smallest absolute Gasteiger partial charge is 0.343 e. The molecule has 1 fully saturated rings. The second kappa shape index (κ2) is 13.2. The maximum Gasteiger partial charge on any atom is 0.343 e. The van der Waals surface area contributed by atoms with Crippen molar-refractivity contribution in [3.05, 3.63) is 66.1 Å². The monoisotopic (exact) mass is 421 g/mol. The van der Waals surface area contributed by atoms with Crippen LogP contribution in [0.3, 0.4) is 0 Å². The number of esters is 1. The SMILES string of the molecule is CCCCCCCCCOc1ccc(C(=O)Oc2ccc(C3CC[CH]CC3)cc2)cc1. The minimum atomic E-state index is -0.335. The third kappa shape index (κ3) is 8.05. The van der Waals surface area contributed by atoms with Crippen LogP contribution in [-0.4, -0.2) is 12.6 Å². The summed E-state index contributed by atoms with van der Waals surface area (Å²) in [6.07, 6.45) is 16.1. The van der Waals surface area contributed by atoms with Crippen molar-refractivity contribution in [3.8, 4) is 11.5 Å². The van der Waals surface area contributed by atoms with E-state index in [1.54, 1.807) is 12.1 Å². The van der Waals surface area contributed by atoms with Crippen molar-refractivity contribution in [3.63, 3.8) is 0 Å². The normalized spacial score (nSPS) is 14.4. The first-order chi connectivity index (χ1) is 15.3. The molecule has 31 heavy (non-hydrogen) atoms. The summed E-state index contributed by atoms with van der Waals surface area (Å²) >= 11 is 0. The molecule has 0 unspecified atom stereocenters. The Hall–Kier alpha value is -2.29. The van der Waals surface area contributed by atoms with Gasteiger partial charge in [0.1, 0.15) is 11.5 Å². The number of hydrogen-bond acceptors (Lipinski definition) is 3. The van der Waals surface area contributed by atoms with Crippen molar-refractivity contribution in [2.24, 2.45) is 0 Å². The van der Waals surface area contributed by atoms with Crippen LogP contribution >= 0.6 is 0 Å². The molecular weight excluding hydrogens is 384 g/mol. The zero-order valence-corrected chi connectivity index (χ0v) is 19.0. The summed E-state index contributed by atoms with van der Waals surface area (Å²) in [4.78, 5) is 12.5. The van der Waals surface area contributed by atoms with Crippen LogP contribution in [0.25, 0.3) is 0 Å². The molecule has 2 aromatic rings. The maximum absolute atomic E-state index is 12.5. The highest BCUT2D eigenvalue weighted by Gasteiger charge is 2.16. The molecule has 0 aliphatic heterocycles. The summed E-state index contributed by atoms with van der Waals surface area (Å²) in [7, 11) is 0. The highest BCUT2D eigenvalue weighted by Crippen LogP contribution is 2.32. The first-order valence-electron chi connectivity index (χ1n) is 12.1. The minimum Gasteiger partial charge on any atom is -0.494 e. The van der Waals surface area contributed by atoms with Gasteiger partial charge in [0.05, 0.1) is 12.2 Å². The van der Waals surface area contributed by atoms with Crippen LogP contribution in [-0.2, 0) is 0 Å². The molecule has 1 saturated carbocycles. The number of benzene rings is 2. The maximum atomic E-state index is 12.5.